The Hall–Kier alpha value is -1.42. The van der Waals surface area contributed by atoms with Gasteiger partial charge in [0.25, 0.3) is 0 Å². The molecule has 0 spiro atoms. The minimum absolute atomic E-state index is 0. The first-order valence-electron chi connectivity index (χ1n) is 11.0. The summed E-state index contributed by atoms with van der Waals surface area (Å²) in [6.07, 6.45) is 2.15. The Morgan fingerprint density at radius 2 is 2.00 bits per heavy atom. The highest BCUT2D eigenvalue weighted by atomic mass is 127. The van der Waals surface area contributed by atoms with Gasteiger partial charge in [-0.05, 0) is 42.2 Å². The number of halogens is 1. The molecule has 2 heterocycles. The van der Waals surface area contributed by atoms with Gasteiger partial charge in [-0.2, -0.15) is 4.37 Å². The van der Waals surface area contributed by atoms with Crippen LogP contribution in [-0.4, -0.2) is 59.5 Å². The number of aromatic nitrogens is 2. The number of benzene rings is 1. The molecule has 8 heteroatoms. The first-order valence-corrected chi connectivity index (χ1v) is 11.7. The maximum absolute atomic E-state index is 5.06. The van der Waals surface area contributed by atoms with Crippen molar-refractivity contribution in [3.63, 3.8) is 0 Å². The number of aliphatic imine (C=N–C) groups is 1. The maximum atomic E-state index is 5.06. The molecule has 30 heavy (non-hydrogen) atoms. The van der Waals surface area contributed by atoms with Gasteiger partial charge in [-0.15, -0.1) is 24.0 Å². The van der Waals surface area contributed by atoms with Crippen molar-refractivity contribution in [2.75, 3.05) is 44.2 Å². The van der Waals surface area contributed by atoms with E-state index in [1.54, 1.807) is 11.1 Å². The fourth-order valence-electron chi connectivity index (χ4n) is 4.98. The van der Waals surface area contributed by atoms with Gasteiger partial charge in [-0.1, -0.05) is 31.2 Å². The summed E-state index contributed by atoms with van der Waals surface area (Å²) < 4.78 is 4.43. The molecule has 2 aromatic rings. The van der Waals surface area contributed by atoms with Crippen LogP contribution in [0.5, 0.6) is 0 Å². The van der Waals surface area contributed by atoms with Crippen LogP contribution in [0.4, 0.5) is 5.13 Å². The van der Waals surface area contributed by atoms with E-state index in [0.29, 0.717) is 0 Å². The number of hydrogen-bond donors (Lipinski definition) is 1. The minimum atomic E-state index is 0. The van der Waals surface area contributed by atoms with Crippen molar-refractivity contribution < 1.29 is 0 Å². The Bertz CT molecular complexity index is 891. The van der Waals surface area contributed by atoms with Gasteiger partial charge in [0.15, 0.2) is 5.96 Å². The Morgan fingerprint density at radius 3 is 2.73 bits per heavy atom. The molecule has 3 unspecified atom stereocenters. The lowest BCUT2D eigenvalue weighted by atomic mass is 10.0. The van der Waals surface area contributed by atoms with Crippen LogP contribution in [0, 0.1) is 11.8 Å². The van der Waals surface area contributed by atoms with Crippen LogP contribution < -0.4 is 10.2 Å². The zero-order chi connectivity index (χ0) is 19.8. The first-order chi connectivity index (χ1) is 14.3. The zero-order valence-electron chi connectivity index (χ0n) is 17.8. The van der Waals surface area contributed by atoms with E-state index in [-0.39, 0.29) is 24.0 Å². The molecule has 1 aromatic heterocycles. The smallest absolute Gasteiger partial charge is 0.205 e. The Morgan fingerprint density at radius 1 is 1.20 bits per heavy atom. The van der Waals surface area contributed by atoms with Gasteiger partial charge in [0.1, 0.15) is 5.82 Å². The van der Waals surface area contributed by atoms with Crippen molar-refractivity contribution in [2.45, 2.75) is 32.6 Å². The molecular weight excluding hydrogens is 507 g/mol. The lowest BCUT2D eigenvalue weighted by Crippen LogP contribution is -2.52. The van der Waals surface area contributed by atoms with Crippen LogP contribution in [0.25, 0.3) is 0 Å². The van der Waals surface area contributed by atoms with E-state index >= 15 is 0 Å². The molecule has 1 saturated carbocycles. The molecule has 1 aliphatic heterocycles. The molecule has 162 valence electrons. The van der Waals surface area contributed by atoms with E-state index in [1.165, 1.54) is 18.0 Å². The molecule has 2 aliphatic carbocycles. The lowest BCUT2D eigenvalue weighted by Gasteiger charge is -2.36. The highest BCUT2D eigenvalue weighted by Crippen LogP contribution is 2.61. The van der Waals surface area contributed by atoms with E-state index in [1.807, 2.05) is 0 Å². The van der Waals surface area contributed by atoms with Gasteiger partial charge in [-0.25, -0.2) is 4.98 Å². The number of hydrogen-bond acceptors (Lipinski definition) is 5. The quantitative estimate of drug-likeness (QED) is 0.360. The third kappa shape index (κ3) is 4.17. The molecule has 0 bridgehead atoms. The van der Waals surface area contributed by atoms with Crippen molar-refractivity contribution in [1.29, 1.82) is 0 Å². The number of nitrogens with one attached hydrogen (secondary N) is 1. The normalized spacial score (nSPS) is 24.9. The summed E-state index contributed by atoms with van der Waals surface area (Å²) in [7, 11) is 0. The Kier molecular flexibility index (Phi) is 6.81. The fourth-order valence-corrected chi connectivity index (χ4v) is 5.78. The topological polar surface area (TPSA) is 56.7 Å². The summed E-state index contributed by atoms with van der Waals surface area (Å²) in [5, 5.41) is 4.58. The zero-order valence-corrected chi connectivity index (χ0v) is 20.9. The second kappa shape index (κ2) is 9.38. The van der Waals surface area contributed by atoms with E-state index in [0.717, 1.165) is 80.4 Å². The second-order valence-corrected chi connectivity index (χ2v) is 9.00. The summed E-state index contributed by atoms with van der Waals surface area (Å²) in [5.74, 6) is 4.34. The van der Waals surface area contributed by atoms with Crippen LogP contribution in [0.2, 0.25) is 0 Å². The van der Waals surface area contributed by atoms with Gasteiger partial charge in [-0.3, -0.25) is 4.99 Å². The van der Waals surface area contributed by atoms with Crippen molar-refractivity contribution in [1.82, 2.24) is 19.6 Å². The summed E-state index contributed by atoms with van der Waals surface area (Å²) in [6.45, 7) is 10.0. The molecule has 0 amide bonds. The molecule has 3 atom stereocenters. The minimum Gasteiger partial charge on any atom is -0.357 e. The summed E-state index contributed by atoms with van der Waals surface area (Å²) in [4.78, 5) is 14.5. The lowest BCUT2D eigenvalue weighted by molar-refractivity contribution is 0.372. The third-order valence-corrected chi connectivity index (χ3v) is 7.43. The van der Waals surface area contributed by atoms with Gasteiger partial charge >= 0.3 is 0 Å². The van der Waals surface area contributed by atoms with Crippen LogP contribution in [0.3, 0.4) is 0 Å². The van der Waals surface area contributed by atoms with Gasteiger partial charge in [0.2, 0.25) is 5.13 Å². The van der Waals surface area contributed by atoms with Crippen LogP contribution >= 0.6 is 35.5 Å². The molecule has 1 N–H and O–H groups in total. The number of anilines is 1. The predicted octanol–water partition coefficient (Wildman–Crippen LogP) is 3.39. The second-order valence-electron chi connectivity index (χ2n) is 8.27. The van der Waals surface area contributed by atoms with Gasteiger partial charge < -0.3 is 15.1 Å². The fraction of sp³-hybridized carbons (Fsp3) is 0.591. The van der Waals surface area contributed by atoms with Crippen LogP contribution in [0.15, 0.2) is 29.3 Å². The van der Waals surface area contributed by atoms with E-state index < -0.39 is 0 Å². The molecule has 5 rings (SSSR count). The SMILES string of the molecule is CCNC(=NCC1C2Cc3ccccc3C12)N1CCN(c2nc(CC)ns2)CC1.I. The average molecular weight is 539 g/mol. The van der Waals surface area contributed by atoms with Gasteiger partial charge in [0.05, 0.1) is 0 Å². The number of rotatable bonds is 5. The maximum Gasteiger partial charge on any atom is 0.205 e. The number of piperazine rings is 1. The van der Waals surface area contributed by atoms with Crippen molar-refractivity contribution in [3.8, 4) is 0 Å². The number of fused-ring (bicyclic) bond motifs is 3. The molecule has 3 aliphatic rings. The molecule has 6 nitrogen and oxygen atoms in total. The van der Waals surface area contributed by atoms with Gasteiger partial charge in [0, 0.05) is 57.2 Å². The van der Waals surface area contributed by atoms with E-state index in [9.17, 15) is 0 Å². The molecule has 1 saturated heterocycles. The van der Waals surface area contributed by atoms with Crippen LogP contribution in [-0.2, 0) is 12.8 Å². The van der Waals surface area contributed by atoms with Crippen molar-refractivity contribution in [2.24, 2.45) is 16.8 Å². The number of nitrogens with zero attached hydrogens (tertiary/aromatic N) is 5. The predicted molar refractivity (Wildman–Crippen MR) is 134 cm³/mol. The van der Waals surface area contributed by atoms with E-state index in [2.05, 4.69) is 62.6 Å². The summed E-state index contributed by atoms with van der Waals surface area (Å²) in [6, 6.07) is 8.98. The first kappa shape index (κ1) is 21.8. The highest BCUT2D eigenvalue weighted by Gasteiger charge is 2.55. The van der Waals surface area contributed by atoms with Crippen LogP contribution in [0.1, 0.15) is 36.7 Å². The average Bonchev–Trinajstić information content (AvgIpc) is 3.10. The molecule has 1 aromatic carbocycles. The molecular formula is C22H31IN6S. The molecule has 0 radical (unpaired) electrons. The number of guanidine groups is 1. The largest absolute Gasteiger partial charge is 0.357 e. The molecule has 2 fully saturated rings. The van der Waals surface area contributed by atoms with Crippen molar-refractivity contribution in [3.05, 3.63) is 41.2 Å². The summed E-state index contributed by atoms with van der Waals surface area (Å²) >= 11 is 1.53. The monoisotopic (exact) mass is 538 g/mol. The Balaban J connectivity index is 0.00000218. The number of aryl methyl sites for hydroxylation is 1. The summed E-state index contributed by atoms with van der Waals surface area (Å²) in [5.41, 5.74) is 3.15. The third-order valence-electron chi connectivity index (χ3n) is 6.61. The Labute approximate surface area is 200 Å². The standard InChI is InChI=1S/C22H30N6S.HI/c1-3-19-25-22(29-26-19)28-11-9-27(10-12-28)21(23-4-2)24-14-18-17-13-15-7-5-6-8-16(15)20(17)18;/h5-8,17-18,20H,3-4,9-14H2,1-2H3,(H,23,24);1H. The van der Waals surface area contributed by atoms with Crippen molar-refractivity contribution >= 4 is 46.6 Å². The highest BCUT2D eigenvalue weighted by molar-refractivity contribution is 14.0. The van der Waals surface area contributed by atoms with E-state index in [4.69, 9.17) is 4.99 Å².